The number of carboxylic acid groups (broad SMARTS) is 2. The van der Waals surface area contributed by atoms with Gasteiger partial charge < -0.3 is 10.2 Å². The molecule has 0 atom stereocenters. The third-order valence-electron chi connectivity index (χ3n) is 0.289. The molecule has 0 aliphatic carbocycles. The maximum atomic E-state index is 8.56. The lowest BCUT2D eigenvalue weighted by atomic mass is 10.5. The molecule has 0 heterocycles. The third-order valence-corrected chi connectivity index (χ3v) is 0.289. The molecule has 0 saturated carbocycles. The predicted molar refractivity (Wildman–Crippen MR) is 31.1 cm³/mol. The number of allylic oxidation sites excluding steroid dienone is 1. The van der Waals surface area contributed by atoms with Gasteiger partial charge in [-0.25, -0.2) is 4.79 Å². The Hall–Kier alpha value is -0.990. The topological polar surface area (TPSA) is 57.5 Å². The zero-order chi connectivity index (χ0) is 6.99. The Morgan fingerprint density at radius 2 is 1.88 bits per heavy atom. The summed E-state index contributed by atoms with van der Waals surface area (Å²) in [6.07, 6.45) is 1.13. The van der Waals surface area contributed by atoms with Gasteiger partial charge in [0, 0.05) is 0 Å². The van der Waals surface area contributed by atoms with Crippen molar-refractivity contribution >= 4 is 6.16 Å². The van der Waals surface area contributed by atoms with Gasteiger partial charge in [0.2, 0.25) is 0 Å². The molecule has 2 N–H and O–H groups in total. The predicted octanol–water partition coefficient (Wildman–Crippen LogP) is 1.80. The number of rotatable bonds is 1. The lowest BCUT2D eigenvalue weighted by Gasteiger charge is -1.60. The van der Waals surface area contributed by atoms with Gasteiger partial charge in [0.15, 0.2) is 0 Å². The van der Waals surface area contributed by atoms with Gasteiger partial charge in [-0.15, -0.1) is 6.58 Å². The quantitative estimate of drug-likeness (QED) is 0.516. The van der Waals surface area contributed by atoms with Crippen LogP contribution in [0.5, 0.6) is 0 Å². The molecule has 0 aromatic heterocycles. The molecule has 0 unspecified atom stereocenters. The van der Waals surface area contributed by atoms with Crippen LogP contribution in [0, 0.1) is 0 Å². The van der Waals surface area contributed by atoms with Crippen molar-refractivity contribution in [2.75, 3.05) is 0 Å². The van der Waals surface area contributed by atoms with Crippen molar-refractivity contribution in [2.24, 2.45) is 0 Å². The second-order valence-electron chi connectivity index (χ2n) is 0.979. The van der Waals surface area contributed by atoms with Crippen LogP contribution in [0.1, 0.15) is 13.3 Å². The fourth-order valence-corrected chi connectivity index (χ4v) is 0. The summed E-state index contributed by atoms with van der Waals surface area (Å²) < 4.78 is 0. The van der Waals surface area contributed by atoms with E-state index in [1.807, 2.05) is 6.08 Å². The Kier molecular flexibility index (Phi) is 11.8. The van der Waals surface area contributed by atoms with Crippen molar-refractivity contribution in [1.29, 1.82) is 0 Å². The second-order valence-corrected chi connectivity index (χ2v) is 0.979. The van der Waals surface area contributed by atoms with Crippen LogP contribution in [0.25, 0.3) is 0 Å². The molecule has 0 fully saturated rings. The molecule has 0 amide bonds. The highest BCUT2D eigenvalue weighted by molar-refractivity contribution is 5.53. The van der Waals surface area contributed by atoms with Gasteiger partial charge in [0.25, 0.3) is 0 Å². The van der Waals surface area contributed by atoms with E-state index in [-0.39, 0.29) is 0 Å². The summed E-state index contributed by atoms with van der Waals surface area (Å²) in [5.74, 6) is 0. The van der Waals surface area contributed by atoms with Gasteiger partial charge in [0.05, 0.1) is 0 Å². The zero-order valence-electron chi connectivity index (χ0n) is 4.79. The Labute approximate surface area is 48.3 Å². The molecule has 8 heavy (non-hydrogen) atoms. The van der Waals surface area contributed by atoms with Gasteiger partial charge in [0.1, 0.15) is 0 Å². The maximum absolute atomic E-state index is 8.56. The van der Waals surface area contributed by atoms with Crippen LogP contribution in [0.4, 0.5) is 4.79 Å². The molecule has 0 saturated heterocycles. The minimum atomic E-state index is -1.83. The van der Waals surface area contributed by atoms with E-state index >= 15 is 0 Å². The molecule has 0 aliphatic heterocycles. The molecule has 3 nitrogen and oxygen atoms in total. The standard InChI is InChI=1S/C4H8.CH2O3/c1-3-4-2;2-1(3)4/h3H,1,4H2,2H3;(H2,2,3,4). The summed E-state index contributed by atoms with van der Waals surface area (Å²) in [4.78, 5) is 8.56. The molecule has 0 aromatic rings. The van der Waals surface area contributed by atoms with Crippen LogP contribution in [0.15, 0.2) is 12.7 Å². The molecule has 0 rings (SSSR count). The highest BCUT2D eigenvalue weighted by Crippen LogP contribution is 1.66. The zero-order valence-corrected chi connectivity index (χ0v) is 4.79. The SMILES string of the molecule is C=CCC.O=C(O)O. The van der Waals surface area contributed by atoms with E-state index in [4.69, 9.17) is 15.0 Å². The van der Waals surface area contributed by atoms with Crippen LogP contribution < -0.4 is 0 Å². The summed E-state index contributed by atoms with van der Waals surface area (Å²) >= 11 is 0. The number of hydrogen-bond donors (Lipinski definition) is 2. The number of carbonyl (C=O) groups is 1. The van der Waals surface area contributed by atoms with Crippen LogP contribution in [-0.2, 0) is 0 Å². The van der Waals surface area contributed by atoms with E-state index in [9.17, 15) is 0 Å². The lowest BCUT2D eigenvalue weighted by molar-refractivity contribution is 0.137. The molecule has 0 aromatic carbocycles. The van der Waals surface area contributed by atoms with Crippen LogP contribution >= 0.6 is 0 Å². The fourth-order valence-electron chi connectivity index (χ4n) is 0. The Morgan fingerprint density at radius 1 is 1.75 bits per heavy atom. The first kappa shape index (κ1) is 10.1. The van der Waals surface area contributed by atoms with Gasteiger partial charge in [-0.05, 0) is 6.42 Å². The van der Waals surface area contributed by atoms with Gasteiger partial charge >= 0.3 is 6.16 Å². The summed E-state index contributed by atoms with van der Waals surface area (Å²) in [6.45, 7) is 5.54. The molecular formula is C5H10O3. The van der Waals surface area contributed by atoms with Crippen molar-refractivity contribution < 1.29 is 15.0 Å². The highest BCUT2D eigenvalue weighted by Gasteiger charge is 1.70. The first-order chi connectivity index (χ1) is 3.65. The summed E-state index contributed by atoms with van der Waals surface area (Å²) in [5, 5.41) is 13.9. The summed E-state index contributed by atoms with van der Waals surface area (Å²) in [5.41, 5.74) is 0. The molecule has 3 heteroatoms. The minimum absolute atomic E-state index is 1.08. The van der Waals surface area contributed by atoms with E-state index in [1.165, 1.54) is 0 Å². The van der Waals surface area contributed by atoms with Crippen LogP contribution in [0.3, 0.4) is 0 Å². The molecule has 0 aliphatic rings. The molecular weight excluding hydrogens is 108 g/mol. The Balaban J connectivity index is 0. The van der Waals surface area contributed by atoms with E-state index in [0.29, 0.717) is 0 Å². The maximum Gasteiger partial charge on any atom is 0.503 e. The summed E-state index contributed by atoms with van der Waals surface area (Å²) in [7, 11) is 0. The average Bonchev–Trinajstić information content (AvgIpc) is 1.65. The molecule has 0 radical (unpaired) electrons. The molecule has 0 bridgehead atoms. The van der Waals surface area contributed by atoms with E-state index in [1.54, 1.807) is 0 Å². The fraction of sp³-hybridized carbons (Fsp3) is 0.400. The van der Waals surface area contributed by atoms with E-state index in [0.717, 1.165) is 6.42 Å². The number of hydrogen-bond acceptors (Lipinski definition) is 1. The first-order valence-corrected chi connectivity index (χ1v) is 2.17. The Morgan fingerprint density at radius 3 is 1.88 bits per heavy atom. The normalized spacial score (nSPS) is 6.12. The van der Waals surface area contributed by atoms with E-state index < -0.39 is 6.16 Å². The molecule has 0 spiro atoms. The first-order valence-electron chi connectivity index (χ1n) is 2.17. The summed E-state index contributed by atoms with van der Waals surface area (Å²) in [6, 6.07) is 0. The van der Waals surface area contributed by atoms with Crippen molar-refractivity contribution in [3.8, 4) is 0 Å². The van der Waals surface area contributed by atoms with Crippen molar-refractivity contribution in [3.05, 3.63) is 12.7 Å². The van der Waals surface area contributed by atoms with Gasteiger partial charge in [-0.1, -0.05) is 13.0 Å². The van der Waals surface area contributed by atoms with Crippen molar-refractivity contribution in [2.45, 2.75) is 13.3 Å². The minimum Gasteiger partial charge on any atom is -0.450 e. The largest absolute Gasteiger partial charge is 0.503 e. The van der Waals surface area contributed by atoms with Gasteiger partial charge in [-0.3, -0.25) is 0 Å². The van der Waals surface area contributed by atoms with Crippen molar-refractivity contribution in [1.82, 2.24) is 0 Å². The lowest BCUT2D eigenvalue weighted by Crippen LogP contribution is -1.81. The second kappa shape index (κ2) is 9.38. The van der Waals surface area contributed by atoms with E-state index in [2.05, 4.69) is 13.5 Å². The molecule has 48 valence electrons. The average molecular weight is 118 g/mol. The Bertz CT molecular complexity index is 64.1. The smallest absolute Gasteiger partial charge is 0.450 e. The van der Waals surface area contributed by atoms with Crippen molar-refractivity contribution in [3.63, 3.8) is 0 Å². The van der Waals surface area contributed by atoms with Crippen LogP contribution in [0.2, 0.25) is 0 Å². The van der Waals surface area contributed by atoms with Crippen LogP contribution in [-0.4, -0.2) is 16.4 Å². The monoisotopic (exact) mass is 118 g/mol. The third kappa shape index (κ3) is 806000. The highest BCUT2D eigenvalue weighted by atomic mass is 16.6. The van der Waals surface area contributed by atoms with Gasteiger partial charge in [-0.2, -0.15) is 0 Å².